The molecule has 2 amide bonds. The van der Waals surface area contributed by atoms with Crippen molar-refractivity contribution in [1.82, 2.24) is 10.2 Å². The number of urea groups is 1. The molecule has 18 heavy (non-hydrogen) atoms. The van der Waals surface area contributed by atoms with E-state index in [-0.39, 0.29) is 23.4 Å². The second-order valence-corrected chi connectivity index (χ2v) is 6.28. The van der Waals surface area contributed by atoms with E-state index in [0.29, 0.717) is 6.42 Å². The molecule has 1 aliphatic heterocycles. The molecule has 1 saturated heterocycles. The fraction of sp³-hybridized carbons (Fsp3) is 0.857. The molecule has 1 aliphatic rings. The number of nitrogens with one attached hydrogen (secondary N) is 1. The molecule has 104 valence electrons. The molecule has 1 rings (SSSR count). The molecule has 0 aliphatic carbocycles. The molecule has 0 radical (unpaired) electrons. The van der Waals surface area contributed by atoms with Gasteiger partial charge in [-0.1, -0.05) is 12.8 Å². The lowest BCUT2D eigenvalue weighted by molar-refractivity contribution is -0.118. The van der Waals surface area contributed by atoms with E-state index in [1.54, 1.807) is 6.92 Å². The van der Waals surface area contributed by atoms with Crippen LogP contribution in [-0.4, -0.2) is 34.8 Å². The highest BCUT2D eigenvalue weighted by Gasteiger charge is 2.28. The lowest BCUT2D eigenvalue weighted by atomic mass is 10.0. The second kappa shape index (κ2) is 6.21. The van der Waals surface area contributed by atoms with E-state index < -0.39 is 0 Å². The summed E-state index contributed by atoms with van der Waals surface area (Å²) in [7, 11) is 0. The predicted octanol–water partition coefficient (Wildman–Crippen LogP) is 2.72. The molecule has 4 nitrogen and oxygen atoms in total. The van der Waals surface area contributed by atoms with Gasteiger partial charge in [0.1, 0.15) is 5.78 Å². The average molecular weight is 254 g/mol. The molecule has 1 unspecified atom stereocenters. The minimum atomic E-state index is -0.232. The third kappa shape index (κ3) is 5.07. The number of likely N-dealkylation sites (tertiary alicyclic amines) is 1. The Morgan fingerprint density at radius 2 is 1.89 bits per heavy atom. The number of rotatable bonds is 2. The number of hydrogen-bond donors (Lipinski definition) is 1. The average Bonchev–Trinajstić information content (AvgIpc) is 2.39. The largest absolute Gasteiger partial charge is 0.333 e. The zero-order chi connectivity index (χ0) is 13.8. The lowest BCUT2D eigenvalue weighted by Crippen LogP contribution is -2.52. The normalized spacial score (nSPS) is 21.3. The van der Waals surface area contributed by atoms with Crippen LogP contribution in [0.15, 0.2) is 0 Å². The van der Waals surface area contributed by atoms with Crippen LogP contribution >= 0.6 is 0 Å². The maximum Gasteiger partial charge on any atom is 0.318 e. The van der Waals surface area contributed by atoms with Gasteiger partial charge in [0.2, 0.25) is 0 Å². The molecule has 0 aromatic rings. The Kier molecular flexibility index (Phi) is 5.17. The maximum atomic E-state index is 12.3. The Balaban J connectivity index is 2.72. The van der Waals surface area contributed by atoms with Crippen LogP contribution in [0.3, 0.4) is 0 Å². The molecule has 1 atom stereocenters. The van der Waals surface area contributed by atoms with Crippen LogP contribution in [0.5, 0.6) is 0 Å². The number of carbonyl (C=O) groups excluding carboxylic acids is 2. The Morgan fingerprint density at radius 3 is 2.44 bits per heavy atom. The summed E-state index contributed by atoms with van der Waals surface area (Å²) >= 11 is 0. The number of amides is 2. The Morgan fingerprint density at radius 1 is 1.22 bits per heavy atom. The number of nitrogens with zero attached hydrogens (tertiary/aromatic N) is 1. The van der Waals surface area contributed by atoms with Crippen LogP contribution < -0.4 is 5.32 Å². The summed E-state index contributed by atoms with van der Waals surface area (Å²) in [6.45, 7) is 8.29. The van der Waals surface area contributed by atoms with E-state index in [4.69, 9.17) is 0 Å². The van der Waals surface area contributed by atoms with Crippen LogP contribution in [0, 0.1) is 0 Å². The SMILES string of the molecule is CC(=O)CC1CCCCCN1C(=O)NC(C)(C)C. The first kappa shape index (κ1) is 15.0. The summed E-state index contributed by atoms with van der Waals surface area (Å²) < 4.78 is 0. The van der Waals surface area contributed by atoms with Gasteiger partial charge >= 0.3 is 6.03 Å². The molecule has 1 fully saturated rings. The van der Waals surface area contributed by atoms with Gasteiger partial charge in [-0.25, -0.2) is 4.79 Å². The van der Waals surface area contributed by atoms with Gasteiger partial charge in [0.25, 0.3) is 0 Å². The first-order chi connectivity index (χ1) is 8.29. The minimum absolute atomic E-state index is 0.0318. The van der Waals surface area contributed by atoms with Crippen molar-refractivity contribution in [2.24, 2.45) is 0 Å². The van der Waals surface area contributed by atoms with E-state index in [9.17, 15) is 9.59 Å². The molecule has 0 bridgehead atoms. The summed E-state index contributed by atoms with van der Waals surface area (Å²) in [5.41, 5.74) is -0.232. The molecule has 4 heteroatoms. The first-order valence-corrected chi connectivity index (χ1v) is 6.88. The quantitative estimate of drug-likeness (QED) is 0.823. The van der Waals surface area contributed by atoms with E-state index in [1.165, 1.54) is 0 Å². The molecule has 0 aromatic heterocycles. The molecular formula is C14H26N2O2. The van der Waals surface area contributed by atoms with Gasteiger partial charge in [0.15, 0.2) is 0 Å². The minimum Gasteiger partial charge on any atom is -0.333 e. The molecule has 1 N–H and O–H groups in total. The highest BCUT2D eigenvalue weighted by atomic mass is 16.2. The van der Waals surface area contributed by atoms with E-state index in [2.05, 4.69) is 5.32 Å². The van der Waals surface area contributed by atoms with Gasteiger partial charge in [0, 0.05) is 24.5 Å². The molecular weight excluding hydrogens is 228 g/mol. The number of ketones is 1. The van der Waals surface area contributed by atoms with Gasteiger partial charge in [-0.15, -0.1) is 0 Å². The zero-order valence-corrected chi connectivity index (χ0v) is 12.1. The smallest absolute Gasteiger partial charge is 0.318 e. The van der Waals surface area contributed by atoms with E-state index in [0.717, 1.165) is 32.2 Å². The predicted molar refractivity (Wildman–Crippen MR) is 72.5 cm³/mol. The van der Waals surface area contributed by atoms with Gasteiger partial charge in [-0.3, -0.25) is 4.79 Å². The van der Waals surface area contributed by atoms with Crippen LogP contribution in [0.2, 0.25) is 0 Å². The van der Waals surface area contributed by atoms with Crippen molar-refractivity contribution in [1.29, 1.82) is 0 Å². The molecule has 0 saturated carbocycles. The Bertz CT molecular complexity index is 307. The van der Waals surface area contributed by atoms with Crippen molar-refractivity contribution in [2.75, 3.05) is 6.54 Å². The number of carbonyl (C=O) groups is 2. The summed E-state index contributed by atoms with van der Waals surface area (Å²) in [4.78, 5) is 25.4. The summed E-state index contributed by atoms with van der Waals surface area (Å²) in [5.74, 6) is 0.162. The van der Waals surface area contributed by atoms with Gasteiger partial charge in [0.05, 0.1) is 0 Å². The van der Waals surface area contributed by atoms with Crippen LogP contribution in [0.25, 0.3) is 0 Å². The molecule has 0 spiro atoms. The van der Waals surface area contributed by atoms with Crippen LogP contribution in [0.4, 0.5) is 4.79 Å². The second-order valence-electron chi connectivity index (χ2n) is 6.28. The van der Waals surface area contributed by atoms with Gasteiger partial charge < -0.3 is 10.2 Å². The summed E-state index contributed by atoms with van der Waals surface area (Å²) in [5, 5.41) is 3.00. The fourth-order valence-electron chi connectivity index (χ4n) is 2.38. The van der Waals surface area contributed by atoms with E-state index >= 15 is 0 Å². The summed E-state index contributed by atoms with van der Waals surface area (Å²) in [6.07, 6.45) is 4.71. The number of hydrogen-bond acceptors (Lipinski definition) is 2. The fourth-order valence-corrected chi connectivity index (χ4v) is 2.38. The standard InChI is InChI=1S/C14H26N2O2/c1-11(17)10-12-8-6-5-7-9-16(12)13(18)15-14(2,3)4/h12H,5-10H2,1-4H3,(H,15,18). The van der Waals surface area contributed by atoms with Gasteiger partial charge in [-0.05, 0) is 40.5 Å². The maximum absolute atomic E-state index is 12.3. The van der Waals surface area contributed by atoms with Crippen molar-refractivity contribution in [3.05, 3.63) is 0 Å². The van der Waals surface area contributed by atoms with Crippen LogP contribution in [0.1, 0.15) is 59.8 Å². The van der Waals surface area contributed by atoms with Crippen molar-refractivity contribution in [3.63, 3.8) is 0 Å². The first-order valence-electron chi connectivity index (χ1n) is 6.88. The molecule has 1 heterocycles. The van der Waals surface area contributed by atoms with Crippen molar-refractivity contribution in [2.45, 2.75) is 71.4 Å². The third-order valence-corrected chi connectivity index (χ3v) is 3.14. The monoisotopic (exact) mass is 254 g/mol. The van der Waals surface area contributed by atoms with Crippen LogP contribution in [-0.2, 0) is 4.79 Å². The van der Waals surface area contributed by atoms with Crippen molar-refractivity contribution < 1.29 is 9.59 Å². The Hall–Kier alpha value is -1.06. The topological polar surface area (TPSA) is 49.4 Å². The zero-order valence-electron chi connectivity index (χ0n) is 12.1. The Labute approximate surface area is 110 Å². The lowest BCUT2D eigenvalue weighted by Gasteiger charge is -2.33. The third-order valence-electron chi connectivity index (χ3n) is 3.14. The van der Waals surface area contributed by atoms with Crippen molar-refractivity contribution >= 4 is 11.8 Å². The van der Waals surface area contributed by atoms with Crippen molar-refractivity contribution in [3.8, 4) is 0 Å². The number of Topliss-reactive ketones (excluding diaryl/α,β-unsaturated/α-hetero) is 1. The molecule has 0 aromatic carbocycles. The van der Waals surface area contributed by atoms with Gasteiger partial charge in [-0.2, -0.15) is 0 Å². The summed E-state index contributed by atoms with van der Waals surface area (Å²) in [6, 6.07) is 0.0444. The highest BCUT2D eigenvalue weighted by Crippen LogP contribution is 2.20. The highest BCUT2D eigenvalue weighted by molar-refractivity contribution is 5.79. The van der Waals surface area contributed by atoms with E-state index in [1.807, 2.05) is 25.7 Å².